The summed E-state index contributed by atoms with van der Waals surface area (Å²) in [7, 11) is 0. The van der Waals surface area contributed by atoms with Gasteiger partial charge in [0, 0.05) is 11.5 Å². The van der Waals surface area contributed by atoms with Crippen LogP contribution in [0, 0.1) is 21.7 Å². The third kappa shape index (κ3) is 2.26. The molecule has 0 aromatic rings. The van der Waals surface area contributed by atoms with Gasteiger partial charge in [-0.1, -0.05) is 13.5 Å². The minimum absolute atomic E-state index is 0.0670. The highest BCUT2D eigenvalue weighted by molar-refractivity contribution is 5.82. The van der Waals surface area contributed by atoms with Crippen molar-refractivity contribution in [2.75, 3.05) is 6.61 Å². The van der Waals surface area contributed by atoms with Crippen molar-refractivity contribution < 1.29 is 29.3 Å². The second kappa shape index (κ2) is 4.58. The Morgan fingerprint density at radius 3 is 1.96 bits per heavy atom. The van der Waals surface area contributed by atoms with Gasteiger partial charge < -0.3 is 14.9 Å². The van der Waals surface area contributed by atoms with Crippen LogP contribution >= 0.6 is 0 Å². The van der Waals surface area contributed by atoms with Crippen LogP contribution in [-0.2, 0) is 19.1 Å². The Morgan fingerprint density at radius 1 is 1.00 bits per heavy atom. The van der Waals surface area contributed by atoms with Crippen LogP contribution in [0.4, 0.5) is 0 Å². The van der Waals surface area contributed by atoms with Crippen molar-refractivity contribution in [2.24, 2.45) is 21.7 Å². The number of aliphatic carboxylic acids is 2. The summed E-state index contributed by atoms with van der Waals surface area (Å²) >= 11 is 0. The number of hydrogen-bond acceptors (Lipinski definition) is 4. The minimum atomic E-state index is -1.03. The lowest BCUT2D eigenvalue weighted by molar-refractivity contribution is -0.226. The number of ether oxygens (including phenoxy) is 1. The zero-order valence-electron chi connectivity index (χ0n) is 13.3. The molecule has 6 heteroatoms. The molecule has 0 aliphatic heterocycles. The lowest BCUT2D eigenvalue weighted by atomic mass is 9.36. The fourth-order valence-corrected chi connectivity index (χ4v) is 6.26. The monoisotopic (exact) mass is 322 g/mol. The van der Waals surface area contributed by atoms with Crippen molar-refractivity contribution >= 4 is 17.9 Å². The SMILES string of the molecule is C=CC(=O)OCC12CC3(C)CC(C(=O)O)(C1)CC(C(=O)O)(C3)C2. The summed E-state index contributed by atoms with van der Waals surface area (Å²) in [4.78, 5) is 35.4. The molecule has 4 bridgehead atoms. The summed E-state index contributed by atoms with van der Waals surface area (Å²) in [5.74, 6) is -2.40. The standard InChI is InChI=1S/C17H22O6/c1-3-11(18)23-10-15-4-14(2)5-16(7-15,12(19)20)9-17(6-14,8-15)13(21)22/h3H,1,4-10H2,2H3,(H,19,20)(H,21,22). The van der Waals surface area contributed by atoms with Gasteiger partial charge in [-0.3, -0.25) is 9.59 Å². The molecule has 4 saturated carbocycles. The largest absolute Gasteiger partial charge is 0.481 e. The molecule has 2 N–H and O–H groups in total. The smallest absolute Gasteiger partial charge is 0.330 e. The fraction of sp³-hybridized carbons (Fsp3) is 0.706. The molecule has 126 valence electrons. The first-order valence-electron chi connectivity index (χ1n) is 7.85. The van der Waals surface area contributed by atoms with Crippen LogP contribution in [0.2, 0.25) is 0 Å². The second-order valence-electron chi connectivity index (χ2n) is 8.35. The first-order chi connectivity index (χ1) is 10.6. The van der Waals surface area contributed by atoms with Gasteiger partial charge >= 0.3 is 17.9 Å². The Morgan fingerprint density at radius 2 is 1.52 bits per heavy atom. The second-order valence-corrected chi connectivity index (χ2v) is 8.35. The molecule has 0 aromatic carbocycles. The Kier molecular flexibility index (Phi) is 3.19. The molecular weight excluding hydrogens is 300 g/mol. The van der Waals surface area contributed by atoms with Gasteiger partial charge in [-0.25, -0.2) is 4.79 Å². The van der Waals surface area contributed by atoms with Crippen LogP contribution < -0.4 is 0 Å². The minimum Gasteiger partial charge on any atom is -0.481 e. The molecule has 0 saturated heterocycles. The number of carboxylic acids is 2. The van der Waals surface area contributed by atoms with Gasteiger partial charge in [-0.2, -0.15) is 0 Å². The van der Waals surface area contributed by atoms with Crippen LogP contribution in [0.1, 0.15) is 45.4 Å². The van der Waals surface area contributed by atoms with E-state index in [1.165, 1.54) is 0 Å². The molecule has 0 spiro atoms. The maximum absolute atomic E-state index is 12.0. The Labute approximate surface area is 134 Å². The van der Waals surface area contributed by atoms with Crippen LogP contribution in [0.5, 0.6) is 0 Å². The lowest BCUT2D eigenvalue weighted by Gasteiger charge is -2.67. The summed E-state index contributed by atoms with van der Waals surface area (Å²) in [6.07, 6.45) is 3.71. The number of esters is 1. The lowest BCUT2D eigenvalue weighted by Crippen LogP contribution is -2.65. The molecule has 0 radical (unpaired) electrons. The maximum Gasteiger partial charge on any atom is 0.330 e. The van der Waals surface area contributed by atoms with Gasteiger partial charge in [0.25, 0.3) is 0 Å². The maximum atomic E-state index is 12.0. The van der Waals surface area contributed by atoms with Crippen molar-refractivity contribution in [1.29, 1.82) is 0 Å². The summed E-state index contributed by atoms with van der Waals surface area (Å²) in [6, 6.07) is 0. The third-order valence-corrected chi connectivity index (χ3v) is 6.03. The van der Waals surface area contributed by atoms with Gasteiger partial charge in [-0.15, -0.1) is 0 Å². The van der Waals surface area contributed by atoms with E-state index in [0.717, 1.165) is 6.08 Å². The zero-order chi connectivity index (χ0) is 17.1. The highest BCUT2D eigenvalue weighted by Crippen LogP contribution is 2.73. The summed E-state index contributed by atoms with van der Waals surface area (Å²) in [5.41, 5.74) is -2.96. The third-order valence-electron chi connectivity index (χ3n) is 6.03. The Balaban J connectivity index is 2.02. The van der Waals surface area contributed by atoms with E-state index in [2.05, 4.69) is 6.58 Å². The van der Waals surface area contributed by atoms with Gasteiger partial charge in [0.05, 0.1) is 17.4 Å². The quantitative estimate of drug-likeness (QED) is 0.594. The van der Waals surface area contributed by atoms with E-state index < -0.39 is 34.2 Å². The predicted molar refractivity (Wildman–Crippen MR) is 79.5 cm³/mol. The molecule has 4 rings (SSSR count). The van der Waals surface area contributed by atoms with Crippen molar-refractivity contribution in [3.63, 3.8) is 0 Å². The molecule has 0 heterocycles. The van der Waals surface area contributed by atoms with E-state index >= 15 is 0 Å². The van der Waals surface area contributed by atoms with Gasteiger partial charge in [0.1, 0.15) is 0 Å². The van der Waals surface area contributed by atoms with E-state index in [-0.39, 0.29) is 18.4 Å². The van der Waals surface area contributed by atoms with E-state index in [9.17, 15) is 24.6 Å². The first-order valence-corrected chi connectivity index (χ1v) is 7.85. The number of rotatable bonds is 5. The molecule has 0 amide bonds. The van der Waals surface area contributed by atoms with E-state index in [0.29, 0.717) is 32.1 Å². The molecule has 4 aliphatic rings. The normalized spacial score (nSPS) is 43.9. The summed E-state index contributed by atoms with van der Waals surface area (Å²) in [5, 5.41) is 19.6. The van der Waals surface area contributed by atoms with Crippen LogP contribution in [-0.4, -0.2) is 34.7 Å². The van der Waals surface area contributed by atoms with E-state index in [1.807, 2.05) is 6.92 Å². The zero-order valence-corrected chi connectivity index (χ0v) is 13.3. The van der Waals surface area contributed by atoms with Crippen molar-refractivity contribution in [2.45, 2.75) is 45.4 Å². The van der Waals surface area contributed by atoms with E-state index in [4.69, 9.17) is 4.74 Å². The van der Waals surface area contributed by atoms with Gasteiger partial charge in [0.15, 0.2) is 0 Å². The molecule has 0 aromatic heterocycles. The van der Waals surface area contributed by atoms with Crippen molar-refractivity contribution in [3.8, 4) is 0 Å². The van der Waals surface area contributed by atoms with Crippen LogP contribution in [0.15, 0.2) is 12.7 Å². The molecule has 2 unspecified atom stereocenters. The van der Waals surface area contributed by atoms with Gasteiger partial charge in [0.2, 0.25) is 0 Å². The average molecular weight is 322 g/mol. The average Bonchev–Trinajstić information content (AvgIpc) is 2.42. The molecule has 23 heavy (non-hydrogen) atoms. The molecular formula is C17H22O6. The van der Waals surface area contributed by atoms with Gasteiger partial charge in [-0.05, 0) is 43.9 Å². The van der Waals surface area contributed by atoms with Crippen molar-refractivity contribution in [1.82, 2.24) is 0 Å². The topological polar surface area (TPSA) is 101 Å². The Hall–Kier alpha value is -1.85. The van der Waals surface area contributed by atoms with Crippen LogP contribution in [0.3, 0.4) is 0 Å². The highest BCUT2D eigenvalue weighted by atomic mass is 16.5. The molecule has 4 aliphatic carbocycles. The molecule has 6 nitrogen and oxygen atoms in total. The van der Waals surface area contributed by atoms with E-state index in [1.54, 1.807) is 0 Å². The number of carbonyl (C=O) groups is 3. The Bertz CT molecular complexity index is 576. The van der Waals surface area contributed by atoms with Crippen LogP contribution in [0.25, 0.3) is 0 Å². The summed E-state index contributed by atoms with van der Waals surface area (Å²) < 4.78 is 5.23. The predicted octanol–water partition coefficient (Wildman–Crippen LogP) is 2.23. The summed E-state index contributed by atoms with van der Waals surface area (Å²) in [6.45, 7) is 5.40. The molecule has 2 atom stereocenters. The number of carbonyl (C=O) groups excluding carboxylic acids is 1. The fourth-order valence-electron chi connectivity index (χ4n) is 6.26. The number of hydrogen-bond donors (Lipinski definition) is 2. The number of carboxylic acid groups (broad SMARTS) is 2. The van der Waals surface area contributed by atoms with Crippen molar-refractivity contribution in [3.05, 3.63) is 12.7 Å². The highest BCUT2D eigenvalue weighted by Gasteiger charge is 2.71. The first kappa shape index (κ1) is 16.0. The molecule has 4 fully saturated rings.